The van der Waals surface area contributed by atoms with Crippen molar-refractivity contribution in [1.29, 1.82) is 0 Å². The van der Waals surface area contributed by atoms with E-state index in [1.807, 2.05) is 0 Å². The minimum absolute atomic E-state index is 0.0147. The third kappa shape index (κ3) is 4.15. The SMILES string of the molecule is O=C(Nc1nncs1)c1ccc(Cl)c(NS(=O)(=O)c2ccc(F)cc2)c1. The summed E-state index contributed by atoms with van der Waals surface area (Å²) in [6.07, 6.45) is 0. The van der Waals surface area contributed by atoms with Crippen LogP contribution < -0.4 is 10.0 Å². The number of nitrogens with one attached hydrogen (secondary N) is 2. The van der Waals surface area contributed by atoms with Crippen LogP contribution in [0.3, 0.4) is 0 Å². The molecule has 3 rings (SSSR count). The van der Waals surface area contributed by atoms with Gasteiger partial charge in [0, 0.05) is 5.56 Å². The van der Waals surface area contributed by atoms with Crippen LogP contribution in [0.2, 0.25) is 5.02 Å². The maximum atomic E-state index is 13.0. The maximum absolute atomic E-state index is 13.0. The van der Waals surface area contributed by atoms with Crippen LogP contribution in [-0.4, -0.2) is 24.5 Å². The molecular formula is C15H10ClFN4O3S2. The number of carbonyl (C=O) groups is 1. The van der Waals surface area contributed by atoms with Crippen molar-refractivity contribution < 1.29 is 17.6 Å². The highest BCUT2D eigenvalue weighted by atomic mass is 35.5. The molecule has 0 spiro atoms. The number of nitrogens with zero attached hydrogens (tertiary/aromatic N) is 2. The molecular weight excluding hydrogens is 403 g/mol. The monoisotopic (exact) mass is 412 g/mol. The molecule has 1 amide bonds. The summed E-state index contributed by atoms with van der Waals surface area (Å²) in [4.78, 5) is 12.1. The number of rotatable bonds is 5. The second-order valence-corrected chi connectivity index (χ2v) is 7.87. The van der Waals surface area contributed by atoms with Crippen molar-refractivity contribution in [1.82, 2.24) is 10.2 Å². The van der Waals surface area contributed by atoms with Crippen LogP contribution in [0.4, 0.5) is 15.2 Å². The molecule has 134 valence electrons. The minimum atomic E-state index is -4.00. The Morgan fingerprint density at radius 1 is 1.15 bits per heavy atom. The summed E-state index contributed by atoms with van der Waals surface area (Å²) < 4.78 is 40.0. The number of benzene rings is 2. The van der Waals surface area contributed by atoms with Crippen LogP contribution in [0.1, 0.15) is 10.4 Å². The third-order valence-electron chi connectivity index (χ3n) is 3.18. The summed E-state index contributed by atoms with van der Waals surface area (Å²) in [6.45, 7) is 0. The maximum Gasteiger partial charge on any atom is 0.261 e. The van der Waals surface area contributed by atoms with E-state index in [9.17, 15) is 17.6 Å². The number of aromatic nitrogens is 2. The Hall–Kier alpha value is -2.56. The Bertz CT molecular complexity index is 1040. The molecule has 1 aromatic heterocycles. The second-order valence-electron chi connectivity index (χ2n) is 4.95. The van der Waals surface area contributed by atoms with Crippen molar-refractivity contribution in [3.63, 3.8) is 0 Å². The van der Waals surface area contributed by atoms with Crippen LogP contribution in [0.15, 0.2) is 52.9 Å². The fourth-order valence-electron chi connectivity index (χ4n) is 1.96. The first-order valence-corrected chi connectivity index (χ1v) is 9.75. The van der Waals surface area contributed by atoms with E-state index >= 15 is 0 Å². The van der Waals surface area contributed by atoms with Gasteiger partial charge in [-0.3, -0.25) is 14.8 Å². The molecule has 0 radical (unpaired) electrons. The number of sulfonamides is 1. The van der Waals surface area contributed by atoms with Gasteiger partial charge in [-0.1, -0.05) is 22.9 Å². The Balaban J connectivity index is 1.85. The molecule has 0 aliphatic heterocycles. The molecule has 0 bridgehead atoms. The van der Waals surface area contributed by atoms with E-state index in [0.717, 1.165) is 35.6 Å². The molecule has 0 aliphatic carbocycles. The first-order chi connectivity index (χ1) is 12.3. The Labute approximate surface area is 156 Å². The van der Waals surface area contributed by atoms with Crippen molar-refractivity contribution in [2.75, 3.05) is 10.0 Å². The Kier molecular flexibility index (Phi) is 5.16. The van der Waals surface area contributed by atoms with Crippen molar-refractivity contribution >= 4 is 49.7 Å². The van der Waals surface area contributed by atoms with Crippen LogP contribution in [0, 0.1) is 5.82 Å². The van der Waals surface area contributed by atoms with E-state index in [2.05, 4.69) is 20.2 Å². The minimum Gasteiger partial charge on any atom is -0.296 e. The standard InChI is InChI=1S/C15H10ClFN4O3S2/c16-12-6-1-9(14(22)19-15-20-18-8-25-15)7-13(12)21-26(23,24)11-4-2-10(17)3-5-11/h1-8,21H,(H,19,20,22). The molecule has 2 aromatic carbocycles. The van der Waals surface area contributed by atoms with Gasteiger partial charge >= 0.3 is 0 Å². The fourth-order valence-corrected chi connectivity index (χ4v) is 3.69. The van der Waals surface area contributed by atoms with Crippen LogP contribution in [-0.2, 0) is 10.0 Å². The molecule has 0 fully saturated rings. The number of amides is 1. The topological polar surface area (TPSA) is 101 Å². The average Bonchev–Trinajstić information content (AvgIpc) is 3.10. The highest BCUT2D eigenvalue weighted by Gasteiger charge is 2.18. The fraction of sp³-hybridized carbons (Fsp3) is 0. The van der Waals surface area contributed by atoms with Gasteiger partial charge in [0.05, 0.1) is 15.6 Å². The van der Waals surface area contributed by atoms with Crippen molar-refractivity contribution in [3.8, 4) is 0 Å². The van der Waals surface area contributed by atoms with Gasteiger partial charge in [0.1, 0.15) is 11.3 Å². The highest BCUT2D eigenvalue weighted by molar-refractivity contribution is 7.92. The van der Waals surface area contributed by atoms with Gasteiger partial charge in [0.25, 0.3) is 15.9 Å². The van der Waals surface area contributed by atoms with Crippen molar-refractivity contribution in [3.05, 3.63) is 64.4 Å². The van der Waals surface area contributed by atoms with E-state index in [-0.39, 0.29) is 21.2 Å². The normalized spacial score (nSPS) is 11.2. The van der Waals surface area contributed by atoms with E-state index < -0.39 is 21.7 Å². The average molecular weight is 413 g/mol. The molecule has 2 N–H and O–H groups in total. The van der Waals surface area contributed by atoms with E-state index in [1.165, 1.54) is 23.7 Å². The van der Waals surface area contributed by atoms with Gasteiger partial charge < -0.3 is 0 Å². The lowest BCUT2D eigenvalue weighted by molar-refractivity contribution is 0.102. The molecule has 0 saturated heterocycles. The van der Waals surface area contributed by atoms with Crippen molar-refractivity contribution in [2.24, 2.45) is 0 Å². The molecule has 1 heterocycles. The zero-order chi connectivity index (χ0) is 18.7. The summed E-state index contributed by atoms with van der Waals surface area (Å²) in [5.41, 5.74) is 1.64. The van der Waals surface area contributed by atoms with Gasteiger partial charge in [0.15, 0.2) is 0 Å². The summed E-state index contributed by atoms with van der Waals surface area (Å²) in [5, 5.41) is 10.2. The van der Waals surface area contributed by atoms with E-state index in [4.69, 9.17) is 11.6 Å². The Morgan fingerprint density at radius 3 is 2.54 bits per heavy atom. The smallest absolute Gasteiger partial charge is 0.261 e. The summed E-state index contributed by atoms with van der Waals surface area (Å²) in [7, 11) is -4.00. The zero-order valence-electron chi connectivity index (χ0n) is 12.8. The predicted octanol–water partition coefficient (Wildman–Crippen LogP) is 3.38. The Morgan fingerprint density at radius 2 is 1.88 bits per heavy atom. The molecule has 0 atom stereocenters. The molecule has 0 unspecified atom stereocenters. The van der Waals surface area contributed by atoms with Gasteiger partial charge in [-0.25, -0.2) is 12.8 Å². The highest BCUT2D eigenvalue weighted by Crippen LogP contribution is 2.26. The first-order valence-electron chi connectivity index (χ1n) is 7.00. The summed E-state index contributed by atoms with van der Waals surface area (Å²) >= 11 is 7.16. The lowest BCUT2D eigenvalue weighted by atomic mass is 10.2. The predicted molar refractivity (Wildman–Crippen MR) is 96.5 cm³/mol. The van der Waals surface area contributed by atoms with Gasteiger partial charge in [0.2, 0.25) is 5.13 Å². The molecule has 3 aromatic rings. The first kappa shape index (κ1) is 18.2. The van der Waals surface area contributed by atoms with Crippen LogP contribution in [0.5, 0.6) is 0 Å². The van der Waals surface area contributed by atoms with Gasteiger partial charge in [-0.15, -0.1) is 10.2 Å². The lowest BCUT2D eigenvalue weighted by Gasteiger charge is -2.11. The summed E-state index contributed by atoms with van der Waals surface area (Å²) in [5.74, 6) is -1.06. The van der Waals surface area contributed by atoms with Gasteiger partial charge in [-0.2, -0.15) is 0 Å². The second kappa shape index (κ2) is 7.36. The molecule has 11 heteroatoms. The number of hydrogen-bond acceptors (Lipinski definition) is 6. The largest absolute Gasteiger partial charge is 0.296 e. The molecule has 0 saturated carbocycles. The number of carbonyl (C=O) groups excluding carboxylic acids is 1. The van der Waals surface area contributed by atoms with E-state index in [0.29, 0.717) is 5.13 Å². The summed E-state index contributed by atoms with van der Waals surface area (Å²) in [6, 6.07) is 8.42. The molecule has 26 heavy (non-hydrogen) atoms. The third-order valence-corrected chi connectivity index (χ3v) is 5.49. The molecule has 7 nitrogen and oxygen atoms in total. The van der Waals surface area contributed by atoms with Gasteiger partial charge in [-0.05, 0) is 42.5 Å². The van der Waals surface area contributed by atoms with E-state index in [1.54, 1.807) is 0 Å². The number of halogens is 2. The van der Waals surface area contributed by atoms with Crippen LogP contribution >= 0.6 is 22.9 Å². The number of hydrogen-bond donors (Lipinski definition) is 2. The number of anilines is 2. The zero-order valence-corrected chi connectivity index (χ0v) is 15.2. The molecule has 0 aliphatic rings. The lowest BCUT2D eigenvalue weighted by Crippen LogP contribution is -2.15. The quantitative estimate of drug-likeness (QED) is 0.669. The van der Waals surface area contributed by atoms with Crippen molar-refractivity contribution in [2.45, 2.75) is 4.90 Å². The van der Waals surface area contributed by atoms with Crippen LogP contribution in [0.25, 0.3) is 0 Å².